The molecule has 5 rings (SSSR count). The molecule has 0 amide bonds. The summed E-state index contributed by atoms with van der Waals surface area (Å²) in [7, 11) is 1.45. The molecule has 2 aliphatic heterocycles. The number of aromatic hydroxyl groups is 2. The maximum atomic E-state index is 13.0. The quantitative estimate of drug-likeness (QED) is 0.365. The van der Waals surface area contributed by atoms with Crippen molar-refractivity contribution >= 4 is 17.8 Å². The Bertz CT molecular complexity index is 1290. The van der Waals surface area contributed by atoms with Crippen LogP contribution < -0.4 is 14.2 Å². The summed E-state index contributed by atoms with van der Waals surface area (Å²) in [5.41, 5.74) is 2.34. The molecule has 7 heteroatoms. The van der Waals surface area contributed by atoms with Gasteiger partial charge in [-0.3, -0.25) is 9.59 Å². The van der Waals surface area contributed by atoms with E-state index in [4.69, 9.17) is 14.2 Å². The number of phenolic OH excluding ortho intramolecular Hbond substituents is 2. The first-order valence-electron chi connectivity index (χ1n) is 9.92. The van der Waals surface area contributed by atoms with Crippen molar-refractivity contribution in [2.45, 2.75) is 12.3 Å². The first-order valence-corrected chi connectivity index (χ1v) is 9.92. The van der Waals surface area contributed by atoms with Crippen molar-refractivity contribution in [2.75, 3.05) is 7.11 Å². The number of rotatable bonds is 3. The van der Waals surface area contributed by atoms with Crippen molar-refractivity contribution in [3.63, 3.8) is 0 Å². The summed E-state index contributed by atoms with van der Waals surface area (Å²) in [5, 5.41) is 19.6. The molecule has 32 heavy (non-hydrogen) atoms. The topological polar surface area (TPSA) is 102 Å². The Morgan fingerprint density at radius 2 is 1.78 bits per heavy atom. The van der Waals surface area contributed by atoms with Crippen LogP contribution in [-0.2, 0) is 4.79 Å². The molecule has 0 aromatic heterocycles. The smallest absolute Gasteiger partial charge is 0.312 e. The van der Waals surface area contributed by atoms with Gasteiger partial charge in [0.25, 0.3) is 0 Å². The Hall–Kier alpha value is -4.26. The third kappa shape index (κ3) is 3.24. The number of esters is 1. The molecule has 3 aromatic carbocycles. The molecular formula is C25H18O7. The Morgan fingerprint density at radius 1 is 1.00 bits per heavy atom. The summed E-state index contributed by atoms with van der Waals surface area (Å²) in [6.07, 6.45) is 1.62. The predicted octanol–water partition coefficient (Wildman–Crippen LogP) is 4.16. The lowest BCUT2D eigenvalue weighted by atomic mass is 9.84. The second-order valence-corrected chi connectivity index (χ2v) is 7.55. The van der Waals surface area contributed by atoms with Crippen LogP contribution in [0.25, 0.3) is 6.08 Å². The summed E-state index contributed by atoms with van der Waals surface area (Å²) in [5.74, 6) is 0.0895. The van der Waals surface area contributed by atoms with Gasteiger partial charge >= 0.3 is 5.97 Å². The lowest BCUT2D eigenvalue weighted by molar-refractivity contribution is -0.135. The SMILES string of the molecule is COc1ccc(/C=C2\Oc3c(ccc4c3[C@@H](c3ccc(O)cc3)CC(=O)O4)C2=O)cc1O. The molecular weight excluding hydrogens is 412 g/mol. The Morgan fingerprint density at radius 3 is 2.50 bits per heavy atom. The minimum atomic E-state index is -0.390. The molecule has 0 saturated carbocycles. The van der Waals surface area contributed by atoms with E-state index < -0.39 is 0 Å². The molecule has 0 unspecified atom stereocenters. The Balaban J connectivity index is 1.58. The number of phenols is 2. The number of benzene rings is 3. The van der Waals surface area contributed by atoms with Gasteiger partial charge in [-0.05, 0) is 53.6 Å². The number of fused-ring (bicyclic) bond motifs is 3. The van der Waals surface area contributed by atoms with Crippen LogP contribution in [0.4, 0.5) is 0 Å². The summed E-state index contributed by atoms with van der Waals surface area (Å²) < 4.78 is 16.5. The number of allylic oxidation sites excluding steroid dienone is 1. The summed E-state index contributed by atoms with van der Waals surface area (Å²) in [6.45, 7) is 0. The molecule has 1 atom stereocenters. The average molecular weight is 430 g/mol. The van der Waals surface area contributed by atoms with E-state index in [1.54, 1.807) is 48.5 Å². The van der Waals surface area contributed by atoms with Gasteiger partial charge in [-0.1, -0.05) is 18.2 Å². The highest BCUT2D eigenvalue weighted by Gasteiger charge is 2.38. The molecule has 2 N–H and O–H groups in total. The fraction of sp³-hybridized carbons (Fsp3) is 0.120. The fourth-order valence-corrected chi connectivity index (χ4v) is 4.05. The molecule has 3 aromatic rings. The van der Waals surface area contributed by atoms with Gasteiger partial charge in [-0.2, -0.15) is 0 Å². The third-order valence-corrected chi connectivity index (χ3v) is 5.58. The van der Waals surface area contributed by atoms with E-state index in [9.17, 15) is 19.8 Å². The van der Waals surface area contributed by atoms with Gasteiger partial charge in [0, 0.05) is 11.5 Å². The second kappa shape index (κ2) is 7.46. The Labute approximate surface area is 183 Å². The molecule has 0 radical (unpaired) electrons. The summed E-state index contributed by atoms with van der Waals surface area (Å²) in [6, 6.07) is 14.5. The standard InChI is InChI=1S/C25H18O7/c1-30-19-8-2-13(10-18(19)27)11-21-24(29)16-7-9-20-23(25(16)32-21)17(12-22(28)31-20)14-3-5-15(26)6-4-14/h2-11,17,26-27H,12H2,1H3/b21-11-/t17-/m1/s1. The minimum Gasteiger partial charge on any atom is -0.508 e. The monoisotopic (exact) mass is 430 g/mol. The molecule has 7 nitrogen and oxygen atoms in total. The van der Waals surface area contributed by atoms with E-state index in [-0.39, 0.29) is 41.3 Å². The molecule has 2 aliphatic rings. The van der Waals surface area contributed by atoms with Crippen LogP contribution in [0.15, 0.2) is 60.4 Å². The zero-order chi connectivity index (χ0) is 22.4. The number of ether oxygens (including phenoxy) is 3. The maximum absolute atomic E-state index is 13.0. The van der Waals surface area contributed by atoms with Gasteiger partial charge in [0.15, 0.2) is 17.3 Å². The molecule has 0 aliphatic carbocycles. The number of ketones is 1. The lowest BCUT2D eigenvalue weighted by Crippen LogP contribution is -2.21. The van der Waals surface area contributed by atoms with Crippen molar-refractivity contribution in [1.82, 2.24) is 0 Å². The van der Waals surface area contributed by atoms with Crippen LogP contribution in [0.1, 0.15) is 39.4 Å². The highest BCUT2D eigenvalue weighted by atomic mass is 16.5. The van der Waals surface area contributed by atoms with E-state index in [0.29, 0.717) is 33.9 Å². The van der Waals surface area contributed by atoms with E-state index in [2.05, 4.69) is 0 Å². The third-order valence-electron chi connectivity index (χ3n) is 5.58. The normalized spacial score (nSPS) is 18.0. The van der Waals surface area contributed by atoms with Crippen molar-refractivity contribution in [3.05, 3.63) is 82.6 Å². The fourth-order valence-electron chi connectivity index (χ4n) is 4.05. The van der Waals surface area contributed by atoms with Crippen molar-refractivity contribution in [3.8, 4) is 28.7 Å². The second-order valence-electron chi connectivity index (χ2n) is 7.55. The molecule has 0 fully saturated rings. The van der Waals surface area contributed by atoms with Crippen LogP contribution in [0.3, 0.4) is 0 Å². The van der Waals surface area contributed by atoms with Crippen molar-refractivity contribution in [1.29, 1.82) is 0 Å². The zero-order valence-electron chi connectivity index (χ0n) is 17.0. The maximum Gasteiger partial charge on any atom is 0.312 e. The van der Waals surface area contributed by atoms with E-state index in [1.165, 1.54) is 19.3 Å². The number of carbonyl (C=O) groups excluding carboxylic acids is 2. The van der Waals surface area contributed by atoms with Gasteiger partial charge in [-0.15, -0.1) is 0 Å². The van der Waals surface area contributed by atoms with Gasteiger partial charge in [-0.25, -0.2) is 0 Å². The number of Topliss-reactive ketones (excluding diaryl/α,β-unsaturated/α-hetero) is 1. The van der Waals surface area contributed by atoms with Gasteiger partial charge < -0.3 is 24.4 Å². The van der Waals surface area contributed by atoms with Crippen molar-refractivity contribution < 1.29 is 34.0 Å². The molecule has 0 spiro atoms. The number of hydrogen-bond acceptors (Lipinski definition) is 7. The number of carbonyl (C=O) groups is 2. The number of hydrogen-bond donors (Lipinski definition) is 2. The van der Waals surface area contributed by atoms with E-state index in [1.807, 2.05) is 0 Å². The van der Waals surface area contributed by atoms with Crippen LogP contribution in [0.2, 0.25) is 0 Å². The summed E-state index contributed by atoms with van der Waals surface area (Å²) in [4.78, 5) is 25.2. The highest BCUT2D eigenvalue weighted by Crippen LogP contribution is 2.49. The lowest BCUT2D eigenvalue weighted by Gasteiger charge is -2.26. The molecule has 0 saturated heterocycles. The summed E-state index contributed by atoms with van der Waals surface area (Å²) >= 11 is 0. The first-order chi connectivity index (χ1) is 15.4. The van der Waals surface area contributed by atoms with Crippen LogP contribution >= 0.6 is 0 Å². The highest BCUT2D eigenvalue weighted by molar-refractivity contribution is 6.15. The van der Waals surface area contributed by atoms with Gasteiger partial charge in [0.2, 0.25) is 5.78 Å². The van der Waals surface area contributed by atoms with Crippen LogP contribution in [0.5, 0.6) is 28.7 Å². The van der Waals surface area contributed by atoms with Crippen molar-refractivity contribution in [2.24, 2.45) is 0 Å². The minimum absolute atomic E-state index is 0.0542. The first kappa shape index (κ1) is 19.7. The largest absolute Gasteiger partial charge is 0.508 e. The van der Waals surface area contributed by atoms with E-state index >= 15 is 0 Å². The van der Waals surface area contributed by atoms with Gasteiger partial charge in [0.05, 0.1) is 19.1 Å². The van der Waals surface area contributed by atoms with Crippen LogP contribution in [0, 0.1) is 0 Å². The van der Waals surface area contributed by atoms with E-state index in [0.717, 1.165) is 5.56 Å². The average Bonchev–Trinajstić information content (AvgIpc) is 3.09. The molecule has 160 valence electrons. The predicted molar refractivity (Wildman–Crippen MR) is 114 cm³/mol. The molecule has 2 heterocycles. The Kier molecular flexibility index (Phi) is 4.59. The number of methoxy groups -OCH3 is 1. The van der Waals surface area contributed by atoms with Crippen LogP contribution in [-0.4, -0.2) is 29.1 Å². The van der Waals surface area contributed by atoms with Gasteiger partial charge in [0.1, 0.15) is 17.2 Å². The zero-order valence-corrected chi connectivity index (χ0v) is 17.0. The molecule has 0 bridgehead atoms.